The largest absolute Gasteiger partial charge is 0.480 e. The molecule has 1 atom stereocenters. The minimum absolute atomic E-state index is 0.194. The highest BCUT2D eigenvalue weighted by atomic mass is 16.6. The summed E-state index contributed by atoms with van der Waals surface area (Å²) in [6.45, 7) is -0.698. The number of furan rings is 1. The Balaban J connectivity index is 2.60. The summed E-state index contributed by atoms with van der Waals surface area (Å²) in [6, 6.07) is 1.75. The quantitative estimate of drug-likeness (QED) is 0.527. The monoisotopic (exact) mass is 200 g/mol. The van der Waals surface area contributed by atoms with Crippen molar-refractivity contribution in [2.75, 3.05) is 11.9 Å². The number of nitrogens with zero attached hydrogens (tertiary/aromatic N) is 1. The van der Waals surface area contributed by atoms with Crippen molar-refractivity contribution in [3.05, 3.63) is 28.5 Å². The van der Waals surface area contributed by atoms with E-state index in [0.29, 0.717) is 0 Å². The minimum Gasteiger partial charge on any atom is -0.480 e. The standard InChI is InChI=1S/C7H8N2O5/c10-7(11)5(4-9(12)13)8-6-2-1-3-14-6/h1-3,5,8H,4H2,(H,10,11)/t5-/m0/s1. The Bertz CT molecular complexity index is 321. The summed E-state index contributed by atoms with van der Waals surface area (Å²) in [7, 11) is 0. The van der Waals surface area contributed by atoms with Gasteiger partial charge in [0.2, 0.25) is 6.54 Å². The van der Waals surface area contributed by atoms with Gasteiger partial charge in [-0.3, -0.25) is 10.1 Å². The lowest BCUT2D eigenvalue weighted by Gasteiger charge is -2.08. The van der Waals surface area contributed by atoms with Crippen LogP contribution in [-0.2, 0) is 4.79 Å². The fourth-order valence-corrected chi connectivity index (χ4v) is 0.867. The first-order chi connectivity index (χ1) is 6.59. The zero-order chi connectivity index (χ0) is 10.6. The smallest absolute Gasteiger partial charge is 0.333 e. The molecule has 7 heteroatoms. The number of anilines is 1. The number of hydrogen-bond acceptors (Lipinski definition) is 5. The van der Waals surface area contributed by atoms with E-state index in [1.54, 1.807) is 6.07 Å². The summed E-state index contributed by atoms with van der Waals surface area (Å²) < 4.78 is 4.80. The number of aliphatic carboxylic acids is 1. The number of carbonyl (C=O) groups is 1. The van der Waals surface area contributed by atoms with Crippen molar-refractivity contribution in [3.63, 3.8) is 0 Å². The fraction of sp³-hybridized carbons (Fsp3) is 0.286. The molecule has 1 rings (SSSR count). The van der Waals surface area contributed by atoms with E-state index in [1.807, 2.05) is 0 Å². The first-order valence-electron chi connectivity index (χ1n) is 3.74. The van der Waals surface area contributed by atoms with Gasteiger partial charge in [0.05, 0.1) is 6.26 Å². The second-order valence-corrected chi connectivity index (χ2v) is 2.53. The van der Waals surface area contributed by atoms with Crippen molar-refractivity contribution in [1.82, 2.24) is 0 Å². The maximum atomic E-state index is 10.6. The summed E-state index contributed by atoms with van der Waals surface area (Å²) in [5, 5.41) is 21.1. The molecule has 1 aromatic heterocycles. The van der Waals surface area contributed by atoms with Gasteiger partial charge in [0, 0.05) is 11.0 Å². The highest BCUT2D eigenvalue weighted by Crippen LogP contribution is 2.08. The minimum atomic E-state index is -1.29. The zero-order valence-electron chi connectivity index (χ0n) is 7.04. The first kappa shape index (κ1) is 10.0. The van der Waals surface area contributed by atoms with E-state index in [4.69, 9.17) is 9.52 Å². The highest BCUT2D eigenvalue weighted by molar-refractivity contribution is 5.76. The van der Waals surface area contributed by atoms with Crippen molar-refractivity contribution < 1.29 is 19.2 Å². The maximum Gasteiger partial charge on any atom is 0.333 e. The lowest BCUT2D eigenvalue weighted by Crippen LogP contribution is -2.35. The van der Waals surface area contributed by atoms with Crippen LogP contribution in [0.5, 0.6) is 0 Å². The molecular formula is C7H8N2O5. The van der Waals surface area contributed by atoms with E-state index in [9.17, 15) is 14.9 Å². The van der Waals surface area contributed by atoms with Crippen LogP contribution < -0.4 is 5.32 Å². The number of rotatable bonds is 5. The van der Waals surface area contributed by atoms with Crippen LogP contribution in [0.1, 0.15) is 0 Å². The van der Waals surface area contributed by atoms with Crippen LogP contribution in [0.25, 0.3) is 0 Å². The van der Waals surface area contributed by atoms with Crippen LogP contribution in [0.3, 0.4) is 0 Å². The van der Waals surface area contributed by atoms with Crippen molar-refractivity contribution in [2.45, 2.75) is 6.04 Å². The van der Waals surface area contributed by atoms with Gasteiger partial charge in [0.1, 0.15) is 0 Å². The summed E-state index contributed by atoms with van der Waals surface area (Å²) in [6.07, 6.45) is 1.34. The lowest BCUT2D eigenvalue weighted by molar-refractivity contribution is -0.480. The molecule has 0 saturated heterocycles. The summed E-state index contributed by atoms with van der Waals surface area (Å²) in [5.74, 6) is -1.10. The van der Waals surface area contributed by atoms with E-state index in [-0.39, 0.29) is 5.88 Å². The van der Waals surface area contributed by atoms with Gasteiger partial charge in [0.15, 0.2) is 11.9 Å². The Morgan fingerprint density at radius 2 is 2.50 bits per heavy atom. The molecule has 0 aliphatic heterocycles. The number of nitro groups is 1. The lowest BCUT2D eigenvalue weighted by atomic mass is 10.3. The van der Waals surface area contributed by atoms with Gasteiger partial charge < -0.3 is 14.8 Å². The Kier molecular flexibility index (Phi) is 3.05. The second-order valence-electron chi connectivity index (χ2n) is 2.53. The third-order valence-corrected chi connectivity index (χ3v) is 1.47. The van der Waals surface area contributed by atoms with Crippen molar-refractivity contribution in [3.8, 4) is 0 Å². The molecule has 1 heterocycles. The number of carboxylic acid groups (broad SMARTS) is 1. The molecule has 0 radical (unpaired) electrons. The molecule has 0 bridgehead atoms. The third-order valence-electron chi connectivity index (χ3n) is 1.47. The zero-order valence-corrected chi connectivity index (χ0v) is 7.04. The third kappa shape index (κ3) is 2.77. The van der Waals surface area contributed by atoms with Crippen molar-refractivity contribution >= 4 is 11.9 Å². The van der Waals surface area contributed by atoms with Crippen LogP contribution in [0.4, 0.5) is 5.88 Å². The Labute approximate surface area is 78.5 Å². The van der Waals surface area contributed by atoms with Gasteiger partial charge in [-0.2, -0.15) is 0 Å². The Morgan fingerprint density at radius 3 is 2.93 bits per heavy atom. The van der Waals surface area contributed by atoms with Gasteiger partial charge in [-0.15, -0.1) is 0 Å². The van der Waals surface area contributed by atoms with Crippen LogP contribution in [0.15, 0.2) is 22.8 Å². The molecule has 0 spiro atoms. The molecule has 0 amide bonds. The molecular weight excluding hydrogens is 192 g/mol. The van der Waals surface area contributed by atoms with E-state index in [2.05, 4.69) is 5.32 Å². The molecule has 0 aliphatic rings. The SMILES string of the molecule is O=C(O)[C@H](C[N+](=O)[O-])Nc1ccco1. The van der Waals surface area contributed by atoms with E-state index < -0.39 is 23.5 Å². The molecule has 0 unspecified atom stereocenters. The Hall–Kier alpha value is -2.05. The number of nitrogens with one attached hydrogen (secondary N) is 1. The van der Waals surface area contributed by atoms with Crippen LogP contribution >= 0.6 is 0 Å². The molecule has 2 N–H and O–H groups in total. The van der Waals surface area contributed by atoms with Gasteiger partial charge in [-0.25, -0.2) is 4.79 Å². The van der Waals surface area contributed by atoms with Gasteiger partial charge in [0.25, 0.3) is 0 Å². The topological polar surface area (TPSA) is 106 Å². The molecule has 7 nitrogen and oxygen atoms in total. The molecule has 0 saturated carbocycles. The summed E-state index contributed by atoms with van der Waals surface area (Å²) >= 11 is 0. The van der Waals surface area contributed by atoms with Gasteiger partial charge in [-0.1, -0.05) is 0 Å². The van der Waals surface area contributed by atoms with Crippen LogP contribution in [0, 0.1) is 10.1 Å². The Morgan fingerprint density at radius 1 is 1.79 bits per heavy atom. The van der Waals surface area contributed by atoms with Crippen LogP contribution in [0.2, 0.25) is 0 Å². The predicted molar refractivity (Wildman–Crippen MR) is 45.6 cm³/mol. The maximum absolute atomic E-state index is 10.6. The molecule has 14 heavy (non-hydrogen) atoms. The van der Waals surface area contributed by atoms with E-state index in [1.165, 1.54) is 12.3 Å². The van der Waals surface area contributed by atoms with Crippen molar-refractivity contribution in [1.29, 1.82) is 0 Å². The molecule has 0 fully saturated rings. The second kappa shape index (κ2) is 4.26. The molecule has 1 aromatic rings. The van der Waals surface area contributed by atoms with Crippen LogP contribution in [-0.4, -0.2) is 28.6 Å². The fourth-order valence-electron chi connectivity index (χ4n) is 0.867. The molecule has 76 valence electrons. The molecule has 0 aliphatic carbocycles. The highest BCUT2D eigenvalue weighted by Gasteiger charge is 2.23. The van der Waals surface area contributed by atoms with Crippen molar-refractivity contribution in [2.24, 2.45) is 0 Å². The average Bonchev–Trinajstić information content (AvgIpc) is 2.54. The number of carboxylic acids is 1. The normalized spacial score (nSPS) is 12.0. The summed E-state index contributed by atoms with van der Waals surface area (Å²) in [5.41, 5.74) is 0. The predicted octanol–water partition coefficient (Wildman–Crippen LogP) is 0.421. The van der Waals surface area contributed by atoms with Gasteiger partial charge in [-0.05, 0) is 6.07 Å². The average molecular weight is 200 g/mol. The number of hydrogen-bond donors (Lipinski definition) is 2. The molecule has 0 aromatic carbocycles. The van der Waals surface area contributed by atoms with E-state index >= 15 is 0 Å². The summed E-state index contributed by atoms with van der Waals surface area (Å²) in [4.78, 5) is 20.0. The van der Waals surface area contributed by atoms with Gasteiger partial charge >= 0.3 is 5.97 Å². The first-order valence-corrected chi connectivity index (χ1v) is 3.74. The van der Waals surface area contributed by atoms with E-state index in [0.717, 1.165) is 0 Å².